The maximum absolute atomic E-state index is 13.4. The zero-order valence-corrected chi connectivity index (χ0v) is 18.6. The first-order chi connectivity index (χ1) is 15.1. The third kappa shape index (κ3) is 6.70. The topological polar surface area (TPSA) is 49.8 Å². The molecule has 166 valence electrons. The summed E-state index contributed by atoms with van der Waals surface area (Å²) in [6.07, 6.45) is 6.90. The summed E-state index contributed by atoms with van der Waals surface area (Å²) in [7, 11) is 0. The Morgan fingerprint density at radius 2 is 1.68 bits per heavy atom. The van der Waals surface area contributed by atoms with Crippen LogP contribution in [-0.4, -0.2) is 24.2 Å². The molecule has 0 saturated heterocycles. The lowest BCUT2D eigenvalue weighted by Crippen LogP contribution is -2.28. The van der Waals surface area contributed by atoms with Crippen LogP contribution in [0.5, 0.6) is 0 Å². The average Bonchev–Trinajstić information content (AvgIpc) is 2.79. The number of anilines is 2. The van der Waals surface area contributed by atoms with Crippen molar-refractivity contribution in [3.05, 3.63) is 72.5 Å². The van der Waals surface area contributed by atoms with Gasteiger partial charge < -0.3 is 9.84 Å². The fourth-order valence-corrected chi connectivity index (χ4v) is 4.49. The molecule has 0 aliphatic heterocycles. The number of ether oxygens (including phenoxy) is 1. The average molecular weight is 422 g/mol. The van der Waals surface area contributed by atoms with Gasteiger partial charge in [-0.25, -0.2) is 0 Å². The van der Waals surface area contributed by atoms with Crippen LogP contribution < -0.4 is 4.90 Å². The second kappa shape index (κ2) is 11.7. The van der Waals surface area contributed by atoms with E-state index >= 15 is 0 Å². The first kappa shape index (κ1) is 23.1. The van der Waals surface area contributed by atoms with E-state index in [2.05, 4.69) is 25.6 Å². The van der Waals surface area contributed by atoms with Gasteiger partial charge in [0.15, 0.2) is 0 Å². The molecule has 4 heteroatoms. The summed E-state index contributed by atoms with van der Waals surface area (Å²) in [6.45, 7) is 6.49. The number of hydrogen-bond acceptors (Lipinski definition) is 3. The molecule has 2 aromatic rings. The highest BCUT2D eigenvalue weighted by Crippen LogP contribution is 2.34. The van der Waals surface area contributed by atoms with Crippen LogP contribution in [0.2, 0.25) is 0 Å². The number of carbonyl (C=O) groups is 1. The third-order valence-electron chi connectivity index (χ3n) is 6.23. The lowest BCUT2D eigenvalue weighted by molar-refractivity contribution is -0.118. The van der Waals surface area contributed by atoms with Gasteiger partial charge in [0.2, 0.25) is 5.91 Å². The molecule has 1 saturated carbocycles. The SMILES string of the molecule is C=C(O)COCC1CCC(CCC(=O)N(c2ccccc2)c2ccccc2CC)CC1. The molecule has 2 aromatic carbocycles. The van der Waals surface area contributed by atoms with Crippen molar-refractivity contribution in [1.29, 1.82) is 0 Å². The minimum absolute atomic E-state index is 0.0832. The van der Waals surface area contributed by atoms with Gasteiger partial charge in [0.05, 0.1) is 5.69 Å². The number of amides is 1. The highest BCUT2D eigenvalue weighted by atomic mass is 16.5. The second-order valence-corrected chi connectivity index (χ2v) is 8.55. The highest BCUT2D eigenvalue weighted by molar-refractivity contribution is 6.01. The Morgan fingerprint density at radius 1 is 1.03 bits per heavy atom. The molecule has 4 nitrogen and oxygen atoms in total. The zero-order valence-electron chi connectivity index (χ0n) is 18.6. The maximum Gasteiger partial charge on any atom is 0.231 e. The summed E-state index contributed by atoms with van der Waals surface area (Å²) in [5.74, 6) is 1.38. The van der Waals surface area contributed by atoms with Crippen LogP contribution in [0.15, 0.2) is 66.9 Å². The number of aliphatic hydroxyl groups is 1. The van der Waals surface area contributed by atoms with Gasteiger partial charge in [0, 0.05) is 18.7 Å². The zero-order chi connectivity index (χ0) is 22.1. The standard InChI is InChI=1S/C27H35NO3/c1-3-24-9-7-8-12-26(24)28(25-10-5-4-6-11-25)27(30)18-17-22-13-15-23(16-14-22)20-31-19-21(2)29/h4-12,22-23,29H,2-3,13-20H2,1H3. The predicted molar refractivity (Wildman–Crippen MR) is 127 cm³/mol. The largest absolute Gasteiger partial charge is 0.510 e. The number of rotatable bonds is 10. The van der Waals surface area contributed by atoms with E-state index in [-0.39, 0.29) is 18.3 Å². The van der Waals surface area contributed by atoms with Crippen LogP contribution in [0.3, 0.4) is 0 Å². The number of para-hydroxylation sites is 2. The Balaban J connectivity index is 1.59. The molecule has 0 atom stereocenters. The molecule has 1 aliphatic carbocycles. The van der Waals surface area contributed by atoms with Gasteiger partial charge >= 0.3 is 0 Å². The van der Waals surface area contributed by atoms with Gasteiger partial charge in [0.1, 0.15) is 12.4 Å². The molecule has 0 spiro atoms. The minimum atomic E-state index is 0.0832. The van der Waals surface area contributed by atoms with Crippen LogP contribution in [0.4, 0.5) is 11.4 Å². The number of aryl methyl sites for hydroxylation is 1. The van der Waals surface area contributed by atoms with Gasteiger partial charge in [0.25, 0.3) is 0 Å². The fraction of sp³-hybridized carbons (Fsp3) is 0.444. The quantitative estimate of drug-likeness (QED) is 0.440. The maximum atomic E-state index is 13.4. The second-order valence-electron chi connectivity index (χ2n) is 8.55. The Hall–Kier alpha value is -2.59. The van der Waals surface area contributed by atoms with Crippen molar-refractivity contribution in [3.63, 3.8) is 0 Å². The summed E-state index contributed by atoms with van der Waals surface area (Å²) < 4.78 is 5.51. The molecule has 31 heavy (non-hydrogen) atoms. The smallest absolute Gasteiger partial charge is 0.231 e. The molecular formula is C27H35NO3. The first-order valence-corrected chi connectivity index (χ1v) is 11.5. The van der Waals surface area contributed by atoms with E-state index in [0.717, 1.165) is 49.9 Å². The fourth-order valence-electron chi connectivity index (χ4n) is 4.49. The molecule has 3 rings (SSSR count). The molecule has 1 aliphatic rings. The van der Waals surface area contributed by atoms with E-state index in [0.29, 0.717) is 24.9 Å². The molecular weight excluding hydrogens is 386 g/mol. The molecule has 1 N–H and O–H groups in total. The van der Waals surface area contributed by atoms with Crippen molar-refractivity contribution >= 4 is 17.3 Å². The van der Waals surface area contributed by atoms with Crippen molar-refractivity contribution in [2.45, 2.75) is 51.9 Å². The number of aliphatic hydroxyl groups excluding tert-OH is 1. The number of hydrogen-bond donors (Lipinski definition) is 1. The monoisotopic (exact) mass is 421 g/mol. The van der Waals surface area contributed by atoms with Crippen LogP contribution in [0.1, 0.15) is 51.0 Å². The van der Waals surface area contributed by atoms with E-state index in [1.165, 1.54) is 5.56 Å². The minimum Gasteiger partial charge on any atom is -0.510 e. The van der Waals surface area contributed by atoms with Crippen molar-refractivity contribution in [2.75, 3.05) is 18.1 Å². The normalized spacial score (nSPS) is 18.5. The van der Waals surface area contributed by atoms with E-state index in [4.69, 9.17) is 9.84 Å². The summed E-state index contributed by atoms with van der Waals surface area (Å²) in [5, 5.41) is 9.13. The highest BCUT2D eigenvalue weighted by Gasteiger charge is 2.24. The molecule has 1 fully saturated rings. The Labute approximate surface area is 186 Å². The number of benzene rings is 2. The van der Waals surface area contributed by atoms with Crippen molar-refractivity contribution < 1.29 is 14.6 Å². The van der Waals surface area contributed by atoms with Gasteiger partial charge in [-0.3, -0.25) is 9.69 Å². The summed E-state index contributed by atoms with van der Waals surface area (Å²) in [5.41, 5.74) is 3.11. The lowest BCUT2D eigenvalue weighted by Gasteiger charge is -2.29. The van der Waals surface area contributed by atoms with Crippen molar-refractivity contribution in [1.82, 2.24) is 0 Å². The van der Waals surface area contributed by atoms with Crippen LogP contribution >= 0.6 is 0 Å². The van der Waals surface area contributed by atoms with Crippen LogP contribution in [0.25, 0.3) is 0 Å². The molecule has 0 heterocycles. The molecule has 0 bridgehead atoms. The summed E-state index contributed by atoms with van der Waals surface area (Å²) >= 11 is 0. The summed E-state index contributed by atoms with van der Waals surface area (Å²) in [4.78, 5) is 15.3. The van der Waals surface area contributed by atoms with E-state index in [9.17, 15) is 4.79 Å². The van der Waals surface area contributed by atoms with Crippen molar-refractivity contribution in [2.24, 2.45) is 11.8 Å². The van der Waals surface area contributed by atoms with Gasteiger partial charge in [-0.05, 0) is 61.3 Å². The first-order valence-electron chi connectivity index (χ1n) is 11.5. The van der Waals surface area contributed by atoms with Gasteiger partial charge in [-0.2, -0.15) is 0 Å². The molecule has 0 unspecified atom stereocenters. The van der Waals surface area contributed by atoms with E-state index in [1.54, 1.807) is 0 Å². The Bertz CT molecular complexity index is 841. The van der Waals surface area contributed by atoms with E-state index in [1.807, 2.05) is 47.4 Å². The lowest BCUT2D eigenvalue weighted by atomic mass is 9.80. The predicted octanol–water partition coefficient (Wildman–Crippen LogP) is 6.59. The molecule has 0 radical (unpaired) electrons. The van der Waals surface area contributed by atoms with Gasteiger partial charge in [-0.1, -0.05) is 62.7 Å². The van der Waals surface area contributed by atoms with Crippen LogP contribution in [0, 0.1) is 11.8 Å². The number of carbonyl (C=O) groups excluding carboxylic acids is 1. The molecule has 1 amide bonds. The number of nitrogens with zero attached hydrogens (tertiary/aromatic N) is 1. The van der Waals surface area contributed by atoms with Gasteiger partial charge in [-0.15, -0.1) is 0 Å². The van der Waals surface area contributed by atoms with Crippen molar-refractivity contribution in [3.8, 4) is 0 Å². The Kier molecular flexibility index (Phi) is 8.72. The molecule has 0 aromatic heterocycles. The summed E-state index contributed by atoms with van der Waals surface area (Å²) in [6, 6.07) is 18.2. The third-order valence-corrected chi connectivity index (χ3v) is 6.23. The Morgan fingerprint density at radius 3 is 2.35 bits per heavy atom. The van der Waals surface area contributed by atoms with Crippen LogP contribution in [-0.2, 0) is 16.0 Å². The van der Waals surface area contributed by atoms with E-state index < -0.39 is 0 Å².